The van der Waals surface area contributed by atoms with Gasteiger partial charge in [-0.05, 0) is 0 Å². The summed E-state index contributed by atoms with van der Waals surface area (Å²) >= 11 is 1.02. The first-order valence-corrected chi connectivity index (χ1v) is 7.55. The fourth-order valence-corrected chi connectivity index (χ4v) is 2.66. The molecule has 0 spiro atoms. The summed E-state index contributed by atoms with van der Waals surface area (Å²) in [6.45, 7) is 1.59. The van der Waals surface area contributed by atoms with Gasteiger partial charge in [-0.25, -0.2) is 0 Å². The minimum atomic E-state index is 0.0715. The van der Waals surface area contributed by atoms with Gasteiger partial charge in [0.2, 0.25) is 0 Å². The van der Waals surface area contributed by atoms with Gasteiger partial charge in [-0.15, -0.1) is 0 Å². The van der Waals surface area contributed by atoms with Gasteiger partial charge in [-0.2, -0.15) is 0 Å². The Morgan fingerprint density at radius 3 is 2.62 bits per heavy atom. The molecule has 0 unspecified atom stereocenters. The molecule has 1 fully saturated rings. The van der Waals surface area contributed by atoms with Crippen LogP contribution in [-0.4, -0.2) is 40.0 Å². The van der Waals surface area contributed by atoms with E-state index in [4.69, 9.17) is 9.47 Å². The van der Waals surface area contributed by atoms with Crippen LogP contribution in [0.15, 0.2) is 36.2 Å². The van der Waals surface area contributed by atoms with E-state index in [-0.39, 0.29) is 4.31 Å². The Labute approximate surface area is 110 Å². The van der Waals surface area contributed by atoms with Crippen LogP contribution in [0.3, 0.4) is 0 Å². The van der Waals surface area contributed by atoms with E-state index in [1.54, 1.807) is 0 Å². The van der Waals surface area contributed by atoms with Crippen LogP contribution < -0.4 is 5.32 Å². The molecule has 86 valence electrons. The number of nitrogens with one attached hydrogen (secondary N) is 1. The summed E-state index contributed by atoms with van der Waals surface area (Å²) in [6.07, 6.45) is 12.4. The molecular weight excluding hydrogens is 309 g/mol. The van der Waals surface area contributed by atoms with Gasteiger partial charge >= 0.3 is 110 Å². The van der Waals surface area contributed by atoms with Crippen molar-refractivity contribution in [2.75, 3.05) is 13.2 Å². The quantitative estimate of drug-likeness (QED) is 0.734. The van der Waals surface area contributed by atoms with Crippen molar-refractivity contribution in [1.29, 1.82) is 0 Å². The maximum absolute atomic E-state index is 5.58. The first kappa shape index (κ1) is 12.2. The molecule has 0 bridgehead atoms. The number of rotatable bonds is 1. The molecule has 0 aromatic heterocycles. The zero-order chi connectivity index (χ0) is 11.2. The van der Waals surface area contributed by atoms with Crippen LogP contribution in [0.5, 0.6) is 0 Å². The topological polar surface area (TPSA) is 30.5 Å². The van der Waals surface area contributed by atoms with E-state index in [2.05, 4.69) is 17.5 Å². The van der Waals surface area contributed by atoms with Gasteiger partial charge in [0, 0.05) is 0 Å². The molecule has 0 aromatic rings. The monoisotopic (exact) mass is 327 g/mol. The molecule has 0 aromatic carbocycles. The Morgan fingerprint density at radius 2 is 1.88 bits per heavy atom. The van der Waals surface area contributed by atoms with E-state index in [9.17, 15) is 0 Å². The Balaban J connectivity index is 1.95. The van der Waals surface area contributed by atoms with Crippen LogP contribution in [-0.2, 0) is 9.47 Å². The Bertz CT molecular complexity index is 302. The molecule has 1 saturated heterocycles. The van der Waals surface area contributed by atoms with E-state index in [0.717, 1.165) is 48.6 Å². The van der Waals surface area contributed by atoms with Crippen molar-refractivity contribution >= 4 is 22.5 Å². The van der Waals surface area contributed by atoms with Crippen LogP contribution >= 0.6 is 0 Å². The van der Waals surface area contributed by atoms with Crippen LogP contribution in [0.2, 0.25) is 0 Å². The molecule has 0 saturated carbocycles. The molecule has 2 aliphatic heterocycles. The van der Waals surface area contributed by atoms with Crippen molar-refractivity contribution in [3.8, 4) is 0 Å². The van der Waals surface area contributed by atoms with Gasteiger partial charge in [-0.1, -0.05) is 0 Å². The molecule has 0 amide bonds. The predicted octanol–water partition coefficient (Wildman–Crippen LogP) is 1.17. The molecule has 2 rings (SSSR count). The Hall–Kier alpha value is -0.261. The summed E-state index contributed by atoms with van der Waals surface area (Å²) in [5.41, 5.74) is 1.27. The zero-order valence-corrected chi connectivity index (χ0v) is 12.6. The van der Waals surface area contributed by atoms with E-state index in [1.807, 2.05) is 18.4 Å². The average Bonchev–Trinajstić information content (AvgIpc) is 2.51. The van der Waals surface area contributed by atoms with Crippen LogP contribution in [0.4, 0.5) is 0 Å². The predicted molar refractivity (Wildman–Crippen MR) is 65.1 cm³/mol. The van der Waals surface area contributed by atoms with Crippen molar-refractivity contribution in [3.63, 3.8) is 0 Å². The van der Waals surface area contributed by atoms with Crippen LogP contribution in [0.1, 0.15) is 12.8 Å². The standard InChI is InChI=1S/C12H16NO2.Sn.H/c1-2-4-12(13-7-3-1)11-5-8-14-10-15-9-6-11;;/h1-4,7,10-11,13H,5-6,8-9H2;;. The fourth-order valence-electron chi connectivity index (χ4n) is 1.88. The van der Waals surface area contributed by atoms with Crippen molar-refractivity contribution < 1.29 is 9.47 Å². The van der Waals surface area contributed by atoms with Gasteiger partial charge in [0.1, 0.15) is 0 Å². The second kappa shape index (κ2) is 6.47. The van der Waals surface area contributed by atoms with E-state index in [1.165, 1.54) is 5.70 Å². The van der Waals surface area contributed by atoms with E-state index in [0.29, 0.717) is 5.92 Å². The first-order valence-electron chi connectivity index (χ1n) is 5.65. The molecule has 0 atom stereocenters. The SMILES string of the molecule is [SnH][CH]1OCCC(C2=CC=CC=CN2)CCO1. The van der Waals surface area contributed by atoms with Gasteiger partial charge < -0.3 is 0 Å². The molecule has 3 nitrogen and oxygen atoms in total. The van der Waals surface area contributed by atoms with Gasteiger partial charge in [0.25, 0.3) is 0 Å². The summed E-state index contributed by atoms with van der Waals surface area (Å²) in [4.78, 5) is 0. The molecule has 2 aliphatic rings. The molecule has 0 aliphatic carbocycles. The summed E-state index contributed by atoms with van der Waals surface area (Å²) < 4.78 is 11.2. The van der Waals surface area contributed by atoms with Crippen molar-refractivity contribution in [2.45, 2.75) is 17.1 Å². The summed E-state index contributed by atoms with van der Waals surface area (Å²) in [6, 6.07) is 0. The maximum atomic E-state index is 5.58. The normalized spacial score (nSPS) is 30.9. The number of hydrogen-bond acceptors (Lipinski definition) is 3. The van der Waals surface area contributed by atoms with Gasteiger partial charge in [0.15, 0.2) is 0 Å². The second-order valence-corrected chi connectivity index (χ2v) is 5.45. The van der Waals surface area contributed by atoms with E-state index < -0.39 is 0 Å². The van der Waals surface area contributed by atoms with Crippen molar-refractivity contribution in [1.82, 2.24) is 5.32 Å². The molecule has 2 heterocycles. The van der Waals surface area contributed by atoms with E-state index >= 15 is 0 Å². The number of allylic oxidation sites excluding steroid dienone is 5. The second-order valence-electron chi connectivity index (χ2n) is 3.89. The van der Waals surface area contributed by atoms with Crippen LogP contribution in [0.25, 0.3) is 0 Å². The minimum absolute atomic E-state index is 0.0715. The molecule has 16 heavy (non-hydrogen) atoms. The van der Waals surface area contributed by atoms with Gasteiger partial charge in [-0.3, -0.25) is 0 Å². The fraction of sp³-hybridized carbons (Fsp3) is 0.500. The summed E-state index contributed by atoms with van der Waals surface area (Å²) in [5, 5.41) is 3.33. The Morgan fingerprint density at radius 1 is 1.12 bits per heavy atom. The third kappa shape index (κ3) is 3.64. The molecule has 2 radical (unpaired) electrons. The third-order valence-corrected chi connectivity index (χ3v) is 3.88. The molecular formula is C12H17NO2Sn. The zero-order valence-electron chi connectivity index (χ0n) is 9.26. The average molecular weight is 326 g/mol. The molecule has 4 heteroatoms. The van der Waals surface area contributed by atoms with Crippen LogP contribution in [0, 0.1) is 5.92 Å². The summed E-state index contributed by atoms with van der Waals surface area (Å²) in [5.74, 6) is 0.514. The van der Waals surface area contributed by atoms with Crippen molar-refractivity contribution in [2.24, 2.45) is 5.92 Å². The van der Waals surface area contributed by atoms with Gasteiger partial charge in [0.05, 0.1) is 0 Å². The first-order chi connectivity index (χ1) is 7.86. The number of ether oxygens (including phenoxy) is 2. The van der Waals surface area contributed by atoms with Crippen molar-refractivity contribution in [3.05, 3.63) is 36.2 Å². The summed E-state index contributed by atoms with van der Waals surface area (Å²) in [7, 11) is 0. The third-order valence-electron chi connectivity index (χ3n) is 2.78. The Kier molecular flexibility index (Phi) is 4.93. The number of hydrogen-bond donors (Lipinski definition) is 1. The molecule has 1 N–H and O–H groups in total.